The minimum atomic E-state index is -0.206. The number of rotatable bonds is 3. The molecule has 0 amide bonds. The Morgan fingerprint density at radius 2 is 1.59 bits per heavy atom. The van der Waals surface area contributed by atoms with Crippen LogP contribution in [0.1, 0.15) is 42.9 Å². The summed E-state index contributed by atoms with van der Waals surface area (Å²) >= 11 is 0. The Hall–Kier alpha value is -2.16. The van der Waals surface area contributed by atoms with Gasteiger partial charge in [-0.1, -0.05) is 48.9 Å². The highest BCUT2D eigenvalue weighted by atomic mass is 19.1. The predicted molar refractivity (Wildman–Crippen MR) is 88.6 cm³/mol. The number of benzene rings is 2. The molecule has 0 radical (unpaired) electrons. The average Bonchev–Trinajstić information content (AvgIpc) is 2.83. The summed E-state index contributed by atoms with van der Waals surface area (Å²) in [5.74, 6) is 0.859. The Kier molecular flexibility index (Phi) is 4.84. The zero-order chi connectivity index (χ0) is 15.2. The first-order valence-corrected chi connectivity index (χ1v) is 7.93. The van der Waals surface area contributed by atoms with E-state index in [-0.39, 0.29) is 11.9 Å². The van der Waals surface area contributed by atoms with E-state index in [1.165, 1.54) is 30.5 Å². The molecule has 1 atom stereocenters. The van der Waals surface area contributed by atoms with Gasteiger partial charge in [0.25, 0.3) is 0 Å². The minimum Gasteiger partial charge on any atom is -0.363 e. The molecule has 2 nitrogen and oxygen atoms in total. The van der Waals surface area contributed by atoms with Gasteiger partial charge in [0.1, 0.15) is 5.82 Å². The molecule has 3 heteroatoms. The molecule has 22 heavy (non-hydrogen) atoms. The van der Waals surface area contributed by atoms with E-state index in [0.717, 1.165) is 30.8 Å². The third kappa shape index (κ3) is 3.73. The van der Waals surface area contributed by atoms with Gasteiger partial charge in [0.15, 0.2) is 0 Å². The molecular formula is C19H21FN2. The van der Waals surface area contributed by atoms with E-state index < -0.39 is 0 Å². The van der Waals surface area contributed by atoms with E-state index in [1.54, 1.807) is 0 Å². The monoisotopic (exact) mass is 296 g/mol. The molecule has 0 saturated carbocycles. The van der Waals surface area contributed by atoms with E-state index >= 15 is 0 Å². The van der Waals surface area contributed by atoms with Gasteiger partial charge in [-0.25, -0.2) is 4.39 Å². The predicted octanol–water partition coefficient (Wildman–Crippen LogP) is 4.48. The van der Waals surface area contributed by atoms with Crippen LogP contribution >= 0.6 is 0 Å². The lowest BCUT2D eigenvalue weighted by Crippen LogP contribution is -2.29. The third-order valence-corrected chi connectivity index (χ3v) is 4.02. The van der Waals surface area contributed by atoms with Gasteiger partial charge in [-0.05, 0) is 36.1 Å². The second-order valence-corrected chi connectivity index (χ2v) is 5.68. The van der Waals surface area contributed by atoms with E-state index in [9.17, 15) is 4.39 Å². The van der Waals surface area contributed by atoms with Crippen LogP contribution in [0.3, 0.4) is 0 Å². The fraction of sp³-hybridized carbons (Fsp3) is 0.316. The van der Waals surface area contributed by atoms with Gasteiger partial charge in [-0.3, -0.25) is 4.99 Å². The molecule has 0 saturated heterocycles. The zero-order valence-electron chi connectivity index (χ0n) is 12.6. The number of hydrogen-bond acceptors (Lipinski definition) is 2. The van der Waals surface area contributed by atoms with Crippen molar-refractivity contribution in [1.82, 2.24) is 5.32 Å². The van der Waals surface area contributed by atoms with E-state index in [1.807, 2.05) is 30.3 Å². The normalized spacial score (nSPS) is 16.5. The molecule has 0 aromatic heterocycles. The standard InChI is InChI=1S/C19H21FN2/c20-17-12-10-16(11-13-17)19(15-7-3-1-4-8-15)22-18-9-5-2-6-14-21-18/h1,3-4,7-8,10-13,19H,2,5-6,9,14H2,(H,21,22). The number of halogens is 1. The Morgan fingerprint density at radius 1 is 0.864 bits per heavy atom. The molecule has 1 heterocycles. The van der Waals surface area contributed by atoms with Crippen LogP contribution in [-0.4, -0.2) is 12.4 Å². The fourth-order valence-corrected chi connectivity index (χ4v) is 2.82. The van der Waals surface area contributed by atoms with Crippen LogP contribution in [0.25, 0.3) is 0 Å². The summed E-state index contributed by atoms with van der Waals surface area (Å²) in [6.45, 7) is 0.896. The van der Waals surface area contributed by atoms with E-state index in [4.69, 9.17) is 0 Å². The van der Waals surface area contributed by atoms with Crippen molar-refractivity contribution in [3.05, 3.63) is 71.5 Å². The van der Waals surface area contributed by atoms with Gasteiger partial charge in [-0.2, -0.15) is 0 Å². The summed E-state index contributed by atoms with van der Waals surface area (Å²) < 4.78 is 13.2. The molecule has 0 aliphatic carbocycles. The number of hydrogen-bond donors (Lipinski definition) is 1. The maximum Gasteiger partial charge on any atom is 0.123 e. The summed E-state index contributed by atoms with van der Waals surface area (Å²) in [4.78, 5) is 4.66. The van der Waals surface area contributed by atoms with Gasteiger partial charge in [0.2, 0.25) is 0 Å². The molecule has 114 valence electrons. The lowest BCUT2D eigenvalue weighted by Gasteiger charge is -2.22. The largest absolute Gasteiger partial charge is 0.363 e. The smallest absolute Gasteiger partial charge is 0.123 e. The highest BCUT2D eigenvalue weighted by Crippen LogP contribution is 2.23. The number of aliphatic imine (C=N–C) groups is 1. The van der Waals surface area contributed by atoms with Gasteiger partial charge in [-0.15, -0.1) is 0 Å². The van der Waals surface area contributed by atoms with Crippen LogP contribution < -0.4 is 5.32 Å². The highest BCUT2D eigenvalue weighted by Gasteiger charge is 2.16. The van der Waals surface area contributed by atoms with E-state index in [0.29, 0.717) is 0 Å². The quantitative estimate of drug-likeness (QED) is 0.887. The lowest BCUT2D eigenvalue weighted by atomic mass is 9.98. The van der Waals surface area contributed by atoms with E-state index in [2.05, 4.69) is 22.4 Å². The van der Waals surface area contributed by atoms with Crippen molar-refractivity contribution in [3.8, 4) is 0 Å². The summed E-state index contributed by atoms with van der Waals surface area (Å²) in [6, 6.07) is 17.0. The molecule has 2 aromatic rings. The second-order valence-electron chi connectivity index (χ2n) is 5.68. The van der Waals surface area contributed by atoms with Crippen molar-refractivity contribution >= 4 is 5.84 Å². The SMILES string of the molecule is Fc1ccc(C(NC2=NCCCCC2)c2ccccc2)cc1. The molecule has 0 spiro atoms. The maximum absolute atomic E-state index is 13.2. The average molecular weight is 296 g/mol. The zero-order valence-corrected chi connectivity index (χ0v) is 12.6. The van der Waals surface area contributed by atoms with Crippen molar-refractivity contribution in [1.29, 1.82) is 0 Å². The Bertz CT molecular complexity index is 620. The van der Waals surface area contributed by atoms with Crippen molar-refractivity contribution in [2.45, 2.75) is 31.7 Å². The lowest BCUT2D eigenvalue weighted by molar-refractivity contribution is 0.625. The fourth-order valence-electron chi connectivity index (χ4n) is 2.82. The third-order valence-electron chi connectivity index (χ3n) is 4.02. The van der Waals surface area contributed by atoms with Crippen LogP contribution in [0.4, 0.5) is 4.39 Å². The number of nitrogens with one attached hydrogen (secondary N) is 1. The number of amidine groups is 1. The Balaban J connectivity index is 1.89. The first kappa shape index (κ1) is 14.8. The van der Waals surface area contributed by atoms with Crippen molar-refractivity contribution in [2.24, 2.45) is 4.99 Å². The highest BCUT2D eigenvalue weighted by molar-refractivity contribution is 5.83. The van der Waals surface area contributed by atoms with Crippen LogP contribution in [-0.2, 0) is 0 Å². The van der Waals surface area contributed by atoms with Crippen molar-refractivity contribution in [2.75, 3.05) is 6.54 Å². The summed E-state index contributed by atoms with van der Waals surface area (Å²) in [7, 11) is 0. The molecule has 1 N–H and O–H groups in total. The molecule has 0 bridgehead atoms. The molecule has 1 aliphatic rings. The van der Waals surface area contributed by atoms with Gasteiger partial charge in [0.05, 0.1) is 11.9 Å². The summed E-state index contributed by atoms with van der Waals surface area (Å²) in [6.07, 6.45) is 4.57. The van der Waals surface area contributed by atoms with Gasteiger partial charge in [0, 0.05) is 13.0 Å². The Morgan fingerprint density at radius 3 is 2.36 bits per heavy atom. The summed E-state index contributed by atoms with van der Waals surface area (Å²) in [5.41, 5.74) is 2.22. The number of nitrogens with zero attached hydrogens (tertiary/aromatic N) is 1. The van der Waals surface area contributed by atoms with Crippen molar-refractivity contribution < 1.29 is 4.39 Å². The first-order valence-electron chi connectivity index (χ1n) is 7.93. The summed E-state index contributed by atoms with van der Waals surface area (Å²) in [5, 5.41) is 3.58. The van der Waals surface area contributed by atoms with Gasteiger partial charge >= 0.3 is 0 Å². The maximum atomic E-state index is 13.2. The molecule has 1 aliphatic heterocycles. The molecule has 3 rings (SSSR count). The Labute approximate surface area is 131 Å². The topological polar surface area (TPSA) is 24.4 Å². The van der Waals surface area contributed by atoms with Crippen molar-refractivity contribution in [3.63, 3.8) is 0 Å². The van der Waals surface area contributed by atoms with Crippen LogP contribution in [0.15, 0.2) is 59.6 Å². The molecule has 2 aromatic carbocycles. The minimum absolute atomic E-state index is 0.0126. The van der Waals surface area contributed by atoms with Crippen LogP contribution in [0.5, 0.6) is 0 Å². The second kappa shape index (κ2) is 7.21. The van der Waals surface area contributed by atoms with Gasteiger partial charge < -0.3 is 5.32 Å². The molecule has 1 unspecified atom stereocenters. The molecule has 0 fully saturated rings. The van der Waals surface area contributed by atoms with Crippen LogP contribution in [0.2, 0.25) is 0 Å². The van der Waals surface area contributed by atoms with Crippen LogP contribution in [0, 0.1) is 5.82 Å². The molecular weight excluding hydrogens is 275 g/mol. The first-order chi connectivity index (χ1) is 10.8.